The molecule has 3 heterocycles. The van der Waals surface area contributed by atoms with Crippen LogP contribution in [0.1, 0.15) is 57.0 Å². The number of hydrogen-bond donors (Lipinski definition) is 1. The first-order valence-corrected chi connectivity index (χ1v) is 8.08. The van der Waals surface area contributed by atoms with Gasteiger partial charge in [0.05, 0.1) is 0 Å². The van der Waals surface area contributed by atoms with Gasteiger partial charge in [0.15, 0.2) is 0 Å². The van der Waals surface area contributed by atoms with Crippen molar-refractivity contribution in [2.24, 2.45) is 5.73 Å². The lowest BCUT2D eigenvalue weighted by Gasteiger charge is -2.36. The van der Waals surface area contributed by atoms with Gasteiger partial charge in [0.1, 0.15) is 5.82 Å². The van der Waals surface area contributed by atoms with E-state index in [0.29, 0.717) is 5.92 Å². The Labute approximate surface area is 134 Å². The van der Waals surface area contributed by atoms with Crippen LogP contribution in [0.25, 0.3) is 0 Å². The Bertz CT molecular complexity index is 463. The SMILES string of the molecule is CC(C)(N)CN1CCCC(c2ncc3n2CCCC3)C1.Cl. The van der Waals surface area contributed by atoms with Crippen molar-refractivity contribution >= 4 is 12.4 Å². The summed E-state index contributed by atoms with van der Waals surface area (Å²) in [6.45, 7) is 8.70. The number of imidazole rings is 1. The lowest BCUT2D eigenvalue weighted by molar-refractivity contribution is 0.171. The van der Waals surface area contributed by atoms with Gasteiger partial charge in [0.2, 0.25) is 0 Å². The molecule has 4 nitrogen and oxygen atoms in total. The average Bonchev–Trinajstić information content (AvgIpc) is 2.81. The molecule has 1 atom stereocenters. The van der Waals surface area contributed by atoms with Crippen molar-refractivity contribution in [2.75, 3.05) is 19.6 Å². The monoisotopic (exact) mass is 312 g/mol. The molecule has 2 aliphatic heterocycles. The van der Waals surface area contributed by atoms with E-state index in [1.165, 1.54) is 56.7 Å². The van der Waals surface area contributed by atoms with Crippen LogP contribution in [-0.4, -0.2) is 39.6 Å². The minimum absolute atomic E-state index is 0. The third kappa shape index (κ3) is 3.99. The Morgan fingerprint density at radius 1 is 1.29 bits per heavy atom. The van der Waals surface area contributed by atoms with Crippen LogP contribution in [0.2, 0.25) is 0 Å². The molecular weight excluding hydrogens is 284 g/mol. The van der Waals surface area contributed by atoms with Crippen LogP contribution < -0.4 is 5.73 Å². The molecule has 1 fully saturated rings. The maximum atomic E-state index is 6.18. The van der Waals surface area contributed by atoms with Crippen molar-refractivity contribution in [1.29, 1.82) is 0 Å². The van der Waals surface area contributed by atoms with Gasteiger partial charge in [-0.2, -0.15) is 0 Å². The number of aromatic nitrogens is 2. The highest BCUT2D eigenvalue weighted by Gasteiger charge is 2.28. The molecule has 1 aromatic heterocycles. The molecule has 0 bridgehead atoms. The largest absolute Gasteiger partial charge is 0.332 e. The summed E-state index contributed by atoms with van der Waals surface area (Å²) in [5, 5.41) is 0. The minimum Gasteiger partial charge on any atom is -0.332 e. The molecule has 0 spiro atoms. The predicted octanol–water partition coefficient (Wildman–Crippen LogP) is 2.56. The van der Waals surface area contributed by atoms with Crippen LogP contribution in [-0.2, 0) is 13.0 Å². The number of hydrogen-bond acceptors (Lipinski definition) is 3. The quantitative estimate of drug-likeness (QED) is 0.933. The number of halogens is 1. The fourth-order valence-electron chi connectivity index (χ4n) is 3.77. The summed E-state index contributed by atoms with van der Waals surface area (Å²) in [5.74, 6) is 1.93. The highest BCUT2D eigenvalue weighted by Crippen LogP contribution is 2.29. The van der Waals surface area contributed by atoms with Gasteiger partial charge < -0.3 is 15.2 Å². The number of fused-ring (bicyclic) bond motifs is 1. The standard InChI is InChI=1S/C16H28N4.ClH/c1-16(2,17)12-19-8-5-6-13(11-19)15-18-10-14-7-3-4-9-20(14)15;/h10,13H,3-9,11-12,17H2,1-2H3;1H. The van der Waals surface area contributed by atoms with E-state index in [2.05, 4.69) is 29.5 Å². The van der Waals surface area contributed by atoms with E-state index in [4.69, 9.17) is 10.7 Å². The summed E-state index contributed by atoms with van der Waals surface area (Å²) < 4.78 is 2.49. The molecule has 1 saturated heterocycles. The van der Waals surface area contributed by atoms with Gasteiger partial charge in [-0.25, -0.2) is 4.98 Å². The van der Waals surface area contributed by atoms with E-state index in [-0.39, 0.29) is 17.9 Å². The molecule has 0 saturated carbocycles. The maximum Gasteiger partial charge on any atom is 0.113 e. The zero-order chi connectivity index (χ0) is 14.2. The molecular formula is C16H29ClN4. The van der Waals surface area contributed by atoms with Crippen LogP contribution in [0, 0.1) is 0 Å². The van der Waals surface area contributed by atoms with Crippen molar-refractivity contribution in [3.05, 3.63) is 17.7 Å². The van der Waals surface area contributed by atoms with Crippen molar-refractivity contribution in [2.45, 2.75) is 64.0 Å². The van der Waals surface area contributed by atoms with Gasteiger partial charge in [0, 0.05) is 43.0 Å². The van der Waals surface area contributed by atoms with Gasteiger partial charge in [-0.15, -0.1) is 12.4 Å². The van der Waals surface area contributed by atoms with Gasteiger partial charge >= 0.3 is 0 Å². The van der Waals surface area contributed by atoms with Crippen LogP contribution in [0.4, 0.5) is 0 Å². The number of nitrogens with zero attached hydrogens (tertiary/aromatic N) is 3. The lowest BCUT2D eigenvalue weighted by Crippen LogP contribution is -2.48. The molecule has 1 aromatic rings. The second-order valence-corrected chi connectivity index (χ2v) is 7.28. The van der Waals surface area contributed by atoms with Crippen LogP contribution in [0.15, 0.2) is 6.20 Å². The lowest BCUT2D eigenvalue weighted by atomic mass is 9.95. The van der Waals surface area contributed by atoms with Gasteiger partial charge in [-0.05, 0) is 52.5 Å². The number of likely N-dealkylation sites (tertiary alicyclic amines) is 1. The van der Waals surface area contributed by atoms with E-state index in [1.54, 1.807) is 0 Å². The molecule has 120 valence electrons. The van der Waals surface area contributed by atoms with Gasteiger partial charge in [-0.3, -0.25) is 0 Å². The van der Waals surface area contributed by atoms with Crippen LogP contribution in [0.3, 0.4) is 0 Å². The molecule has 0 amide bonds. The van der Waals surface area contributed by atoms with Gasteiger partial charge in [-0.1, -0.05) is 0 Å². The summed E-state index contributed by atoms with van der Waals surface area (Å²) >= 11 is 0. The van der Waals surface area contributed by atoms with E-state index in [9.17, 15) is 0 Å². The molecule has 0 aliphatic carbocycles. The summed E-state index contributed by atoms with van der Waals surface area (Å²) in [7, 11) is 0. The Hall–Kier alpha value is -0.580. The second kappa shape index (κ2) is 6.67. The Morgan fingerprint density at radius 2 is 2.10 bits per heavy atom. The van der Waals surface area contributed by atoms with Crippen molar-refractivity contribution in [3.63, 3.8) is 0 Å². The smallest absolute Gasteiger partial charge is 0.113 e. The minimum atomic E-state index is -0.103. The second-order valence-electron chi connectivity index (χ2n) is 7.28. The van der Waals surface area contributed by atoms with Crippen LogP contribution >= 0.6 is 12.4 Å². The fraction of sp³-hybridized carbons (Fsp3) is 0.812. The topological polar surface area (TPSA) is 47.1 Å². The zero-order valence-corrected chi connectivity index (χ0v) is 14.2. The Balaban J connectivity index is 0.00000161. The van der Waals surface area contributed by atoms with Crippen molar-refractivity contribution in [3.8, 4) is 0 Å². The summed E-state index contributed by atoms with van der Waals surface area (Å²) in [5.41, 5.74) is 7.52. The van der Waals surface area contributed by atoms with Crippen LogP contribution in [0.5, 0.6) is 0 Å². The molecule has 5 heteroatoms. The molecule has 21 heavy (non-hydrogen) atoms. The molecule has 0 radical (unpaired) electrons. The van der Waals surface area contributed by atoms with E-state index in [0.717, 1.165) is 13.1 Å². The average molecular weight is 313 g/mol. The zero-order valence-electron chi connectivity index (χ0n) is 13.3. The first kappa shape index (κ1) is 16.8. The molecule has 2 N–H and O–H groups in total. The highest BCUT2D eigenvalue weighted by molar-refractivity contribution is 5.85. The van der Waals surface area contributed by atoms with Crippen molar-refractivity contribution in [1.82, 2.24) is 14.5 Å². The van der Waals surface area contributed by atoms with E-state index in [1.807, 2.05) is 0 Å². The summed E-state index contributed by atoms with van der Waals surface area (Å²) in [4.78, 5) is 7.28. The number of piperidine rings is 1. The predicted molar refractivity (Wildman–Crippen MR) is 89.1 cm³/mol. The molecule has 3 rings (SSSR count). The Morgan fingerprint density at radius 3 is 2.86 bits per heavy atom. The normalized spacial score (nSPS) is 23.5. The maximum absolute atomic E-state index is 6.18. The summed E-state index contributed by atoms with van der Waals surface area (Å²) in [6.07, 6.45) is 8.49. The number of rotatable bonds is 3. The Kier molecular flexibility index (Phi) is 5.33. The van der Waals surface area contributed by atoms with Crippen molar-refractivity contribution < 1.29 is 0 Å². The summed E-state index contributed by atoms with van der Waals surface area (Å²) in [6, 6.07) is 0. The molecule has 1 unspecified atom stereocenters. The fourth-order valence-corrected chi connectivity index (χ4v) is 3.77. The first-order valence-electron chi connectivity index (χ1n) is 8.08. The van der Waals surface area contributed by atoms with E-state index < -0.39 is 0 Å². The highest BCUT2D eigenvalue weighted by atomic mass is 35.5. The first-order chi connectivity index (χ1) is 9.53. The van der Waals surface area contributed by atoms with Gasteiger partial charge in [0.25, 0.3) is 0 Å². The molecule has 2 aliphatic rings. The third-order valence-corrected chi connectivity index (χ3v) is 4.54. The number of nitrogens with two attached hydrogens (primary N) is 1. The molecule has 0 aromatic carbocycles. The third-order valence-electron chi connectivity index (χ3n) is 4.54. The van der Waals surface area contributed by atoms with E-state index >= 15 is 0 Å². The number of aryl methyl sites for hydroxylation is 1.